The molecule has 3 nitrogen and oxygen atoms in total. The lowest BCUT2D eigenvalue weighted by Gasteiger charge is -2.05. The van der Waals surface area contributed by atoms with Crippen LogP contribution in [0.1, 0.15) is 25.1 Å². The number of halogens is 2. The first kappa shape index (κ1) is 18.4. The van der Waals surface area contributed by atoms with Crippen molar-refractivity contribution in [2.24, 2.45) is 16.6 Å². The van der Waals surface area contributed by atoms with Gasteiger partial charge in [-0.25, -0.2) is 0 Å². The van der Waals surface area contributed by atoms with Crippen molar-refractivity contribution in [1.29, 1.82) is 0 Å². The quantitative estimate of drug-likeness (QED) is 0.363. The van der Waals surface area contributed by atoms with Gasteiger partial charge in [0.25, 0.3) is 0 Å². The minimum atomic E-state index is 0. The molecule has 0 aromatic carbocycles. The van der Waals surface area contributed by atoms with Crippen molar-refractivity contribution in [2.75, 3.05) is 13.1 Å². The molecule has 0 saturated carbocycles. The van der Waals surface area contributed by atoms with Gasteiger partial charge in [0.15, 0.2) is 5.96 Å². The molecule has 0 aliphatic heterocycles. The summed E-state index contributed by atoms with van der Waals surface area (Å²) in [6, 6.07) is 4.31. The summed E-state index contributed by atoms with van der Waals surface area (Å²) in [5.41, 5.74) is 5.77. The smallest absolute Gasteiger partial charge is 0.188 e. The Kier molecular flexibility index (Phi) is 10.5. The molecule has 0 aliphatic rings. The Morgan fingerprint density at radius 3 is 2.78 bits per heavy atom. The van der Waals surface area contributed by atoms with Crippen molar-refractivity contribution >= 4 is 63.9 Å². The van der Waals surface area contributed by atoms with E-state index in [2.05, 4.69) is 58.9 Å². The summed E-state index contributed by atoms with van der Waals surface area (Å²) in [7, 11) is 0. The van der Waals surface area contributed by atoms with Crippen LogP contribution in [0.4, 0.5) is 0 Å². The first-order valence-corrected chi connectivity index (χ1v) is 7.75. The molecule has 104 valence electrons. The fourth-order valence-corrected chi connectivity index (χ4v) is 3.05. The molecular formula is C12H21I2N3S. The van der Waals surface area contributed by atoms with E-state index < -0.39 is 0 Å². The highest BCUT2D eigenvalue weighted by Gasteiger charge is 1.98. The Hall–Kier alpha value is 0.430. The second-order valence-electron chi connectivity index (χ2n) is 4.33. The minimum Gasteiger partial charge on any atom is -0.370 e. The number of nitrogens with zero attached hydrogens (tertiary/aromatic N) is 1. The highest BCUT2D eigenvalue weighted by molar-refractivity contribution is 14.1. The first-order chi connectivity index (χ1) is 8.08. The minimum absolute atomic E-state index is 0. The predicted molar refractivity (Wildman–Crippen MR) is 100 cm³/mol. The number of thiophene rings is 1. The number of hydrogen-bond acceptors (Lipinski definition) is 2. The van der Waals surface area contributed by atoms with Gasteiger partial charge in [0, 0.05) is 18.0 Å². The van der Waals surface area contributed by atoms with Crippen molar-refractivity contribution in [1.82, 2.24) is 5.32 Å². The van der Waals surface area contributed by atoms with E-state index in [1.165, 1.54) is 7.76 Å². The Morgan fingerprint density at radius 1 is 1.50 bits per heavy atom. The van der Waals surface area contributed by atoms with E-state index in [0.717, 1.165) is 25.9 Å². The van der Waals surface area contributed by atoms with E-state index in [1.807, 2.05) is 11.3 Å². The van der Waals surface area contributed by atoms with Gasteiger partial charge in [-0.15, -0.1) is 35.3 Å². The molecule has 1 aromatic rings. The summed E-state index contributed by atoms with van der Waals surface area (Å²) in [6.45, 7) is 6.05. The van der Waals surface area contributed by atoms with Crippen molar-refractivity contribution < 1.29 is 0 Å². The predicted octanol–water partition coefficient (Wildman–Crippen LogP) is 3.46. The molecule has 1 aromatic heterocycles. The Balaban J connectivity index is 0.00000289. The third-order valence-electron chi connectivity index (χ3n) is 2.29. The van der Waals surface area contributed by atoms with Gasteiger partial charge in [-0.3, -0.25) is 4.99 Å². The molecule has 0 unspecified atom stereocenters. The van der Waals surface area contributed by atoms with Gasteiger partial charge in [0.1, 0.15) is 0 Å². The molecule has 0 spiro atoms. The zero-order chi connectivity index (χ0) is 12.7. The summed E-state index contributed by atoms with van der Waals surface area (Å²) in [6.07, 6.45) is 2.10. The van der Waals surface area contributed by atoms with Gasteiger partial charge in [0.05, 0.1) is 2.88 Å². The molecule has 3 N–H and O–H groups in total. The molecule has 0 bridgehead atoms. The van der Waals surface area contributed by atoms with Crippen LogP contribution in [0.2, 0.25) is 0 Å². The fraction of sp³-hybridized carbons (Fsp3) is 0.583. The van der Waals surface area contributed by atoms with Gasteiger partial charge in [-0.2, -0.15) is 0 Å². The van der Waals surface area contributed by atoms with Crippen LogP contribution in [-0.2, 0) is 6.42 Å². The maximum absolute atomic E-state index is 5.77. The summed E-state index contributed by atoms with van der Waals surface area (Å²) in [4.78, 5) is 5.67. The zero-order valence-corrected chi connectivity index (χ0v) is 16.1. The summed E-state index contributed by atoms with van der Waals surface area (Å²) < 4.78 is 1.33. The normalized spacial score (nSPS) is 11.4. The Morgan fingerprint density at radius 2 is 2.22 bits per heavy atom. The lowest BCUT2D eigenvalue weighted by Crippen LogP contribution is -2.33. The molecule has 1 rings (SSSR count). The van der Waals surface area contributed by atoms with Gasteiger partial charge in [-0.1, -0.05) is 13.8 Å². The monoisotopic (exact) mass is 493 g/mol. The van der Waals surface area contributed by atoms with Crippen LogP contribution in [0.5, 0.6) is 0 Å². The highest BCUT2D eigenvalue weighted by atomic mass is 127. The molecule has 18 heavy (non-hydrogen) atoms. The van der Waals surface area contributed by atoms with Crippen LogP contribution in [-0.4, -0.2) is 19.0 Å². The molecule has 6 heteroatoms. The number of rotatable bonds is 6. The zero-order valence-electron chi connectivity index (χ0n) is 10.8. The largest absolute Gasteiger partial charge is 0.370 e. The summed E-state index contributed by atoms with van der Waals surface area (Å²) >= 11 is 4.17. The van der Waals surface area contributed by atoms with Gasteiger partial charge < -0.3 is 11.1 Å². The lowest BCUT2D eigenvalue weighted by atomic mass is 10.1. The SMILES string of the molecule is CC(C)CCN=C(N)NCCc1ccc(I)s1.I. The van der Waals surface area contributed by atoms with E-state index >= 15 is 0 Å². The van der Waals surface area contributed by atoms with Gasteiger partial charge in [0.2, 0.25) is 0 Å². The van der Waals surface area contributed by atoms with Crippen molar-refractivity contribution in [3.8, 4) is 0 Å². The topological polar surface area (TPSA) is 50.4 Å². The fourth-order valence-electron chi connectivity index (χ4n) is 1.30. The second kappa shape index (κ2) is 10.2. The highest BCUT2D eigenvalue weighted by Crippen LogP contribution is 2.18. The van der Waals surface area contributed by atoms with E-state index in [0.29, 0.717) is 11.9 Å². The molecule has 0 amide bonds. The maximum Gasteiger partial charge on any atom is 0.188 e. The number of nitrogens with one attached hydrogen (secondary N) is 1. The third-order valence-corrected chi connectivity index (χ3v) is 4.25. The number of aliphatic imine (C=N–C) groups is 1. The maximum atomic E-state index is 5.77. The van der Waals surface area contributed by atoms with E-state index in [1.54, 1.807) is 0 Å². The average Bonchev–Trinajstić information content (AvgIpc) is 2.63. The second-order valence-corrected chi connectivity index (χ2v) is 7.39. The van der Waals surface area contributed by atoms with Crippen LogP contribution in [0.15, 0.2) is 17.1 Å². The molecule has 0 atom stereocenters. The third kappa shape index (κ3) is 8.52. The number of hydrogen-bond donors (Lipinski definition) is 2. The van der Waals surface area contributed by atoms with E-state index in [4.69, 9.17) is 5.73 Å². The Labute approximate surface area is 144 Å². The van der Waals surface area contributed by atoms with E-state index in [-0.39, 0.29) is 24.0 Å². The molecule has 0 fully saturated rings. The molecule has 1 heterocycles. The van der Waals surface area contributed by atoms with Crippen LogP contribution in [0, 0.1) is 8.80 Å². The molecule has 0 radical (unpaired) electrons. The van der Waals surface area contributed by atoms with Crippen LogP contribution in [0.3, 0.4) is 0 Å². The standard InChI is InChI=1S/C12H20IN3S.HI/c1-9(2)5-7-15-12(14)16-8-6-10-3-4-11(13)17-10;/h3-4,9H,5-8H2,1-2H3,(H3,14,15,16);1H. The molecular weight excluding hydrogens is 472 g/mol. The first-order valence-electron chi connectivity index (χ1n) is 5.86. The van der Waals surface area contributed by atoms with Gasteiger partial charge in [-0.05, 0) is 53.5 Å². The van der Waals surface area contributed by atoms with E-state index in [9.17, 15) is 0 Å². The lowest BCUT2D eigenvalue weighted by molar-refractivity contribution is 0.595. The molecule has 0 aliphatic carbocycles. The number of guanidine groups is 1. The van der Waals surface area contributed by atoms with Crippen LogP contribution < -0.4 is 11.1 Å². The summed E-state index contributed by atoms with van der Waals surface area (Å²) in [5.74, 6) is 1.25. The van der Waals surface area contributed by atoms with Crippen LogP contribution >= 0.6 is 57.9 Å². The number of nitrogens with two attached hydrogens (primary N) is 1. The summed E-state index contributed by atoms with van der Waals surface area (Å²) in [5, 5.41) is 3.15. The van der Waals surface area contributed by atoms with Crippen molar-refractivity contribution in [3.05, 3.63) is 19.9 Å². The van der Waals surface area contributed by atoms with Crippen LogP contribution in [0.25, 0.3) is 0 Å². The van der Waals surface area contributed by atoms with Gasteiger partial charge >= 0.3 is 0 Å². The van der Waals surface area contributed by atoms with Crippen molar-refractivity contribution in [2.45, 2.75) is 26.7 Å². The average molecular weight is 493 g/mol. The molecule has 0 saturated heterocycles. The Bertz CT molecular complexity index is 364. The van der Waals surface area contributed by atoms with Crippen molar-refractivity contribution in [3.63, 3.8) is 0 Å².